The van der Waals surface area contributed by atoms with Crippen molar-refractivity contribution >= 4 is 51.3 Å². The molecule has 1 aliphatic rings. The topological polar surface area (TPSA) is 86.4 Å². The molecule has 2 N–H and O–H groups in total. The summed E-state index contributed by atoms with van der Waals surface area (Å²) in [6.07, 6.45) is 0.979. The molecule has 2 aromatic heterocycles. The fourth-order valence-corrected chi connectivity index (χ4v) is 5.34. The Morgan fingerprint density at radius 2 is 1.94 bits per heavy atom. The largest absolute Gasteiger partial charge is 0.493 e. The maximum Gasteiger partial charge on any atom is 0.163 e. The van der Waals surface area contributed by atoms with Gasteiger partial charge < -0.3 is 15.2 Å². The zero-order chi connectivity index (χ0) is 23.8. The molecule has 2 aromatic carbocycles. The van der Waals surface area contributed by atoms with Gasteiger partial charge in [-0.1, -0.05) is 30.1 Å². The number of nitrogens with zero attached hydrogens (tertiary/aromatic N) is 4. The second kappa shape index (κ2) is 9.54. The van der Waals surface area contributed by atoms with Crippen LogP contribution in [0.2, 0.25) is 10.0 Å². The molecule has 0 saturated heterocycles. The van der Waals surface area contributed by atoms with Gasteiger partial charge in [0.05, 0.1) is 28.4 Å². The summed E-state index contributed by atoms with van der Waals surface area (Å²) in [4.78, 5) is 17.7. The van der Waals surface area contributed by atoms with Gasteiger partial charge in [0.1, 0.15) is 17.4 Å². The summed E-state index contributed by atoms with van der Waals surface area (Å²) in [5.41, 5.74) is 8.80. The van der Waals surface area contributed by atoms with Gasteiger partial charge in [-0.15, -0.1) is 11.3 Å². The van der Waals surface area contributed by atoms with Crippen LogP contribution >= 0.6 is 34.5 Å². The van der Waals surface area contributed by atoms with E-state index >= 15 is 0 Å². The normalized spacial score (nSPS) is 13.8. The molecular weight excluding hydrogens is 493 g/mol. The van der Waals surface area contributed by atoms with E-state index < -0.39 is 0 Å². The van der Waals surface area contributed by atoms with Gasteiger partial charge in [0, 0.05) is 41.4 Å². The molecule has 0 fully saturated rings. The number of anilines is 1. The highest BCUT2D eigenvalue weighted by Gasteiger charge is 2.20. The van der Waals surface area contributed by atoms with Gasteiger partial charge >= 0.3 is 0 Å². The number of thiazole rings is 1. The first-order chi connectivity index (χ1) is 16.4. The average molecular weight is 516 g/mol. The molecule has 1 aliphatic heterocycles. The molecule has 10 heteroatoms. The third-order valence-electron chi connectivity index (χ3n) is 5.84. The van der Waals surface area contributed by atoms with Crippen LogP contribution in [-0.2, 0) is 19.6 Å². The number of likely N-dealkylation sites (N-methyl/N-ethyl adjacent to an activating group) is 1. The monoisotopic (exact) mass is 515 g/mol. The summed E-state index contributed by atoms with van der Waals surface area (Å²) < 4.78 is 11.7. The van der Waals surface area contributed by atoms with Gasteiger partial charge in [0.15, 0.2) is 17.3 Å². The summed E-state index contributed by atoms with van der Waals surface area (Å²) in [6.45, 7) is 5.59. The summed E-state index contributed by atoms with van der Waals surface area (Å²) in [5, 5.41) is 2.51. The number of nitrogens with two attached hydrogens (primary N) is 1. The van der Waals surface area contributed by atoms with Gasteiger partial charge in [0.2, 0.25) is 0 Å². The smallest absolute Gasteiger partial charge is 0.163 e. The van der Waals surface area contributed by atoms with Crippen molar-refractivity contribution in [3.05, 3.63) is 56.0 Å². The Bertz CT molecular complexity index is 1380. The van der Waals surface area contributed by atoms with Crippen LogP contribution in [0.15, 0.2) is 30.3 Å². The molecule has 0 amide bonds. The summed E-state index contributed by atoms with van der Waals surface area (Å²) in [6, 6.07) is 8.85. The van der Waals surface area contributed by atoms with E-state index in [1.165, 1.54) is 10.6 Å². The highest BCUT2D eigenvalue weighted by molar-refractivity contribution is 7.11. The first-order valence-corrected chi connectivity index (χ1v) is 12.5. The van der Waals surface area contributed by atoms with E-state index in [1.807, 2.05) is 6.07 Å². The van der Waals surface area contributed by atoms with Crippen LogP contribution in [0.1, 0.15) is 22.5 Å². The lowest BCUT2D eigenvalue weighted by Gasteiger charge is -2.23. The molecule has 5 rings (SSSR count). The molecular formula is C24H23Cl2N5O2S. The van der Waals surface area contributed by atoms with Crippen molar-refractivity contribution in [1.29, 1.82) is 0 Å². The maximum absolute atomic E-state index is 6.26. The molecule has 176 valence electrons. The molecule has 3 heterocycles. The predicted octanol–water partition coefficient (Wildman–Crippen LogP) is 5.61. The molecule has 0 saturated carbocycles. The minimum atomic E-state index is 0.337. The minimum absolute atomic E-state index is 0.337. The first-order valence-electron chi connectivity index (χ1n) is 10.9. The van der Waals surface area contributed by atoms with E-state index in [0.29, 0.717) is 50.7 Å². The van der Waals surface area contributed by atoms with E-state index in [2.05, 4.69) is 16.8 Å². The zero-order valence-electron chi connectivity index (χ0n) is 18.8. The molecule has 7 nitrogen and oxygen atoms in total. The summed E-state index contributed by atoms with van der Waals surface area (Å²) in [7, 11) is 1.59. The lowest BCUT2D eigenvalue weighted by molar-refractivity contribution is 0.269. The number of halogens is 2. The Morgan fingerprint density at radius 3 is 2.71 bits per heavy atom. The number of benzene rings is 2. The maximum atomic E-state index is 6.26. The van der Waals surface area contributed by atoms with E-state index in [0.717, 1.165) is 36.6 Å². The van der Waals surface area contributed by atoms with Crippen LogP contribution in [0.25, 0.3) is 22.3 Å². The quantitative estimate of drug-likeness (QED) is 0.357. The first kappa shape index (κ1) is 23.1. The number of aromatic nitrogens is 3. The van der Waals surface area contributed by atoms with Crippen LogP contribution in [0.4, 0.5) is 5.82 Å². The Labute approximate surface area is 211 Å². The number of rotatable bonds is 6. The highest BCUT2D eigenvalue weighted by atomic mass is 35.5. The van der Waals surface area contributed by atoms with Crippen molar-refractivity contribution in [1.82, 2.24) is 19.9 Å². The van der Waals surface area contributed by atoms with E-state index in [-0.39, 0.29) is 0 Å². The van der Waals surface area contributed by atoms with Gasteiger partial charge in [-0.3, -0.25) is 4.90 Å². The van der Waals surface area contributed by atoms with E-state index in [9.17, 15) is 0 Å². The van der Waals surface area contributed by atoms with Gasteiger partial charge in [-0.2, -0.15) is 0 Å². The molecule has 0 bridgehead atoms. The third kappa shape index (κ3) is 4.51. The summed E-state index contributed by atoms with van der Waals surface area (Å²) >= 11 is 13.9. The molecule has 0 atom stereocenters. The van der Waals surface area contributed by atoms with Crippen molar-refractivity contribution in [2.45, 2.75) is 26.5 Å². The van der Waals surface area contributed by atoms with Gasteiger partial charge in [0.25, 0.3) is 0 Å². The SMILES string of the molecule is CCN1CCc2nc(COc3cc4nc(-c5ccc(Cl)c(Cl)c5)nc(N)c4cc3OC)sc2C1. The second-order valence-electron chi connectivity index (χ2n) is 7.97. The summed E-state index contributed by atoms with van der Waals surface area (Å²) in [5.74, 6) is 1.91. The number of methoxy groups -OCH3 is 1. The Hall–Kier alpha value is -2.65. The second-order valence-corrected chi connectivity index (χ2v) is 9.95. The third-order valence-corrected chi connectivity index (χ3v) is 7.64. The van der Waals surface area contributed by atoms with Crippen molar-refractivity contribution in [2.24, 2.45) is 0 Å². The van der Waals surface area contributed by atoms with Crippen LogP contribution in [0.3, 0.4) is 0 Å². The Kier molecular flexibility index (Phi) is 6.48. The Morgan fingerprint density at radius 1 is 1.09 bits per heavy atom. The zero-order valence-corrected chi connectivity index (χ0v) is 21.1. The van der Waals surface area contributed by atoms with Crippen molar-refractivity contribution in [2.75, 3.05) is 25.9 Å². The van der Waals surface area contributed by atoms with Crippen molar-refractivity contribution < 1.29 is 9.47 Å². The van der Waals surface area contributed by atoms with Crippen molar-refractivity contribution in [3.8, 4) is 22.9 Å². The number of ether oxygens (including phenoxy) is 2. The van der Waals surface area contributed by atoms with Crippen LogP contribution in [-0.4, -0.2) is 40.1 Å². The molecule has 0 radical (unpaired) electrons. The lowest BCUT2D eigenvalue weighted by atomic mass is 10.1. The minimum Gasteiger partial charge on any atom is -0.493 e. The molecule has 4 aromatic rings. The molecule has 0 aliphatic carbocycles. The average Bonchev–Trinajstić information content (AvgIpc) is 3.25. The predicted molar refractivity (Wildman–Crippen MR) is 137 cm³/mol. The fraction of sp³-hybridized carbons (Fsp3) is 0.292. The van der Waals surface area contributed by atoms with Gasteiger partial charge in [-0.25, -0.2) is 15.0 Å². The fourth-order valence-electron chi connectivity index (χ4n) is 3.97. The molecule has 34 heavy (non-hydrogen) atoms. The molecule has 0 spiro atoms. The van der Waals surface area contributed by atoms with Crippen LogP contribution in [0, 0.1) is 0 Å². The number of hydrogen-bond acceptors (Lipinski definition) is 8. The Balaban J connectivity index is 1.45. The lowest BCUT2D eigenvalue weighted by Crippen LogP contribution is -2.29. The van der Waals surface area contributed by atoms with Crippen LogP contribution in [0.5, 0.6) is 11.5 Å². The highest BCUT2D eigenvalue weighted by Crippen LogP contribution is 2.36. The van der Waals surface area contributed by atoms with E-state index in [4.69, 9.17) is 48.4 Å². The van der Waals surface area contributed by atoms with Gasteiger partial charge in [-0.05, 0) is 30.8 Å². The standard InChI is InChI=1S/C24H23Cl2N5O2S/c1-3-31-7-6-17-21(11-31)34-22(28-17)12-33-20-10-18-14(9-19(20)32-2)23(27)30-24(29-18)13-4-5-15(25)16(26)8-13/h4-5,8-10H,3,6-7,11-12H2,1-2H3,(H2,27,29,30). The number of fused-ring (bicyclic) bond motifs is 2. The number of hydrogen-bond donors (Lipinski definition) is 1. The van der Waals surface area contributed by atoms with Crippen molar-refractivity contribution in [3.63, 3.8) is 0 Å². The van der Waals surface area contributed by atoms with Crippen LogP contribution < -0.4 is 15.2 Å². The number of nitrogen functional groups attached to an aromatic ring is 1. The van der Waals surface area contributed by atoms with E-state index in [1.54, 1.807) is 42.7 Å². The molecule has 0 unspecified atom stereocenters.